The predicted molar refractivity (Wildman–Crippen MR) is 104 cm³/mol. The van der Waals surface area contributed by atoms with Gasteiger partial charge in [-0.05, 0) is 26.0 Å². The van der Waals surface area contributed by atoms with Crippen LogP contribution in [0.15, 0.2) is 24.3 Å². The van der Waals surface area contributed by atoms with Crippen LogP contribution in [0.1, 0.15) is 13.8 Å². The Hall–Kier alpha value is -1.59. The van der Waals surface area contributed by atoms with Crippen molar-refractivity contribution >= 4 is 21.8 Å². The van der Waals surface area contributed by atoms with Crippen LogP contribution in [0.25, 0.3) is 0 Å². The lowest BCUT2D eigenvalue weighted by Crippen LogP contribution is -2.57. The standard InChI is InChI=1S/C18H27FN4O4S/c1-14-11-23(12-15(2)27-14)28(25,26)22-9-7-21(8-10-22)13-18(24)20-17-6-4-3-5-16(17)19/h3-6,14-15H,7-13H2,1-2H3,(H,20,24)/t14-,15+. The molecule has 2 aliphatic heterocycles. The smallest absolute Gasteiger partial charge is 0.282 e. The first-order chi connectivity index (χ1) is 13.3. The van der Waals surface area contributed by atoms with E-state index in [0.29, 0.717) is 39.3 Å². The average molecular weight is 415 g/mol. The van der Waals surface area contributed by atoms with Gasteiger partial charge in [-0.25, -0.2) is 4.39 Å². The number of anilines is 1. The molecule has 10 heteroatoms. The van der Waals surface area contributed by atoms with Gasteiger partial charge in [-0.3, -0.25) is 9.69 Å². The van der Waals surface area contributed by atoms with Gasteiger partial charge < -0.3 is 10.1 Å². The summed E-state index contributed by atoms with van der Waals surface area (Å²) in [5.41, 5.74) is 0.143. The number of morpholine rings is 1. The third-order valence-electron chi connectivity index (χ3n) is 4.89. The number of hydrogen-bond acceptors (Lipinski definition) is 5. The molecule has 2 atom stereocenters. The van der Waals surface area contributed by atoms with E-state index in [1.807, 2.05) is 18.7 Å². The zero-order chi connectivity index (χ0) is 20.3. The molecule has 1 amide bonds. The molecule has 0 aliphatic carbocycles. The Balaban J connectivity index is 1.51. The molecule has 1 aromatic rings. The summed E-state index contributed by atoms with van der Waals surface area (Å²) in [5, 5.41) is 2.55. The highest BCUT2D eigenvalue weighted by Gasteiger charge is 2.36. The van der Waals surface area contributed by atoms with E-state index >= 15 is 0 Å². The van der Waals surface area contributed by atoms with Crippen molar-refractivity contribution in [3.63, 3.8) is 0 Å². The maximum absolute atomic E-state index is 13.6. The summed E-state index contributed by atoms with van der Waals surface area (Å²) in [6.45, 7) is 6.03. The van der Waals surface area contributed by atoms with Gasteiger partial charge in [0.15, 0.2) is 0 Å². The fourth-order valence-corrected chi connectivity index (χ4v) is 5.30. The van der Waals surface area contributed by atoms with Gasteiger partial charge in [0.05, 0.1) is 24.4 Å². The minimum atomic E-state index is -3.55. The maximum Gasteiger partial charge on any atom is 0.282 e. The van der Waals surface area contributed by atoms with Crippen LogP contribution in [0.5, 0.6) is 0 Å². The first-order valence-electron chi connectivity index (χ1n) is 9.43. The molecule has 2 fully saturated rings. The number of ether oxygens (including phenoxy) is 1. The fraction of sp³-hybridized carbons (Fsp3) is 0.611. The lowest BCUT2D eigenvalue weighted by atomic mass is 10.3. The zero-order valence-electron chi connectivity index (χ0n) is 16.2. The number of para-hydroxylation sites is 1. The number of rotatable bonds is 5. The lowest BCUT2D eigenvalue weighted by molar-refractivity contribution is -0.117. The molecule has 0 aromatic heterocycles. The maximum atomic E-state index is 13.6. The Morgan fingerprint density at radius 1 is 1.11 bits per heavy atom. The van der Waals surface area contributed by atoms with Gasteiger partial charge in [0.1, 0.15) is 5.82 Å². The van der Waals surface area contributed by atoms with Crippen molar-refractivity contribution in [2.75, 3.05) is 51.1 Å². The van der Waals surface area contributed by atoms with Crippen LogP contribution in [0, 0.1) is 5.82 Å². The van der Waals surface area contributed by atoms with E-state index in [0.717, 1.165) is 0 Å². The molecule has 2 saturated heterocycles. The molecule has 8 nitrogen and oxygen atoms in total. The van der Waals surface area contributed by atoms with Crippen LogP contribution in [0.4, 0.5) is 10.1 Å². The molecule has 0 saturated carbocycles. The van der Waals surface area contributed by atoms with Gasteiger partial charge in [-0.15, -0.1) is 0 Å². The highest BCUT2D eigenvalue weighted by molar-refractivity contribution is 7.86. The highest BCUT2D eigenvalue weighted by atomic mass is 32.2. The van der Waals surface area contributed by atoms with E-state index in [-0.39, 0.29) is 30.3 Å². The van der Waals surface area contributed by atoms with Crippen molar-refractivity contribution < 1.29 is 22.3 Å². The first kappa shape index (κ1) is 21.1. The predicted octanol–water partition coefficient (Wildman–Crippen LogP) is 0.736. The Labute approximate surface area is 165 Å². The fourth-order valence-electron chi connectivity index (χ4n) is 3.56. The summed E-state index contributed by atoms with van der Waals surface area (Å²) in [6, 6.07) is 5.99. The second-order valence-electron chi connectivity index (χ2n) is 7.29. The van der Waals surface area contributed by atoms with Crippen LogP contribution >= 0.6 is 0 Å². The molecule has 3 rings (SSSR count). The van der Waals surface area contributed by atoms with E-state index in [9.17, 15) is 17.6 Å². The lowest BCUT2D eigenvalue weighted by Gasteiger charge is -2.40. The highest BCUT2D eigenvalue weighted by Crippen LogP contribution is 2.19. The molecule has 0 bridgehead atoms. The van der Waals surface area contributed by atoms with Gasteiger partial charge in [-0.1, -0.05) is 12.1 Å². The number of benzene rings is 1. The topological polar surface area (TPSA) is 82.2 Å². The van der Waals surface area contributed by atoms with E-state index in [1.165, 1.54) is 20.7 Å². The number of nitrogens with one attached hydrogen (secondary N) is 1. The molecular formula is C18H27FN4O4S. The summed E-state index contributed by atoms with van der Waals surface area (Å²) in [4.78, 5) is 14.0. The second-order valence-corrected chi connectivity index (χ2v) is 9.21. The zero-order valence-corrected chi connectivity index (χ0v) is 17.0. The van der Waals surface area contributed by atoms with Crippen LogP contribution in [-0.4, -0.2) is 85.9 Å². The summed E-state index contributed by atoms with van der Waals surface area (Å²) >= 11 is 0. The Kier molecular flexibility index (Phi) is 6.66. The quantitative estimate of drug-likeness (QED) is 0.769. The van der Waals surface area contributed by atoms with Gasteiger partial charge in [0, 0.05) is 39.3 Å². The number of nitrogens with zero attached hydrogens (tertiary/aromatic N) is 3. The summed E-state index contributed by atoms with van der Waals surface area (Å²) in [7, 11) is -3.55. The SMILES string of the molecule is C[C@@H]1CN(S(=O)(=O)N2CCN(CC(=O)Nc3ccccc3F)CC2)C[C@H](C)O1. The number of piperazine rings is 1. The molecule has 1 N–H and O–H groups in total. The number of carbonyl (C=O) groups excluding carboxylic acids is 1. The van der Waals surface area contributed by atoms with Crippen LogP contribution in [-0.2, 0) is 19.7 Å². The molecule has 0 unspecified atom stereocenters. The van der Waals surface area contributed by atoms with Crippen LogP contribution in [0.2, 0.25) is 0 Å². The van der Waals surface area contributed by atoms with Crippen molar-refractivity contribution in [2.24, 2.45) is 0 Å². The first-order valence-corrected chi connectivity index (χ1v) is 10.8. The normalized spacial score (nSPS) is 25.5. The Morgan fingerprint density at radius 2 is 1.71 bits per heavy atom. The summed E-state index contributed by atoms with van der Waals surface area (Å²) in [6.07, 6.45) is -0.274. The molecule has 156 valence electrons. The van der Waals surface area contributed by atoms with Gasteiger partial charge in [0.25, 0.3) is 10.2 Å². The third-order valence-corrected chi connectivity index (χ3v) is 6.85. The summed E-state index contributed by atoms with van der Waals surface area (Å²) < 4.78 is 48.0. The minimum absolute atomic E-state index is 0.0911. The largest absolute Gasteiger partial charge is 0.373 e. The van der Waals surface area contributed by atoms with Crippen molar-refractivity contribution in [1.82, 2.24) is 13.5 Å². The van der Waals surface area contributed by atoms with Crippen molar-refractivity contribution in [3.8, 4) is 0 Å². The number of amides is 1. The molecule has 2 heterocycles. The van der Waals surface area contributed by atoms with Crippen LogP contribution < -0.4 is 5.32 Å². The summed E-state index contributed by atoms with van der Waals surface area (Å²) in [5.74, 6) is -0.807. The molecule has 0 spiro atoms. The Bertz CT molecular complexity index is 789. The van der Waals surface area contributed by atoms with Gasteiger partial charge >= 0.3 is 0 Å². The molecule has 1 aromatic carbocycles. The Morgan fingerprint density at radius 3 is 2.32 bits per heavy atom. The van der Waals surface area contributed by atoms with Crippen molar-refractivity contribution in [3.05, 3.63) is 30.1 Å². The van der Waals surface area contributed by atoms with E-state index in [4.69, 9.17) is 4.74 Å². The molecular weight excluding hydrogens is 387 g/mol. The molecule has 2 aliphatic rings. The minimum Gasteiger partial charge on any atom is -0.373 e. The number of hydrogen-bond donors (Lipinski definition) is 1. The molecule has 0 radical (unpaired) electrons. The second kappa shape index (κ2) is 8.83. The van der Waals surface area contributed by atoms with E-state index in [1.54, 1.807) is 12.1 Å². The number of halogens is 1. The van der Waals surface area contributed by atoms with Crippen molar-refractivity contribution in [2.45, 2.75) is 26.1 Å². The monoisotopic (exact) mass is 414 g/mol. The third kappa shape index (κ3) is 5.06. The van der Waals surface area contributed by atoms with Gasteiger partial charge in [0.2, 0.25) is 5.91 Å². The van der Waals surface area contributed by atoms with E-state index < -0.39 is 16.0 Å². The van der Waals surface area contributed by atoms with E-state index in [2.05, 4.69) is 5.32 Å². The molecule has 28 heavy (non-hydrogen) atoms. The van der Waals surface area contributed by atoms with Gasteiger partial charge in [-0.2, -0.15) is 17.0 Å². The number of carbonyl (C=O) groups is 1. The van der Waals surface area contributed by atoms with Crippen LogP contribution in [0.3, 0.4) is 0 Å². The average Bonchev–Trinajstić information content (AvgIpc) is 2.63. The van der Waals surface area contributed by atoms with Crippen molar-refractivity contribution in [1.29, 1.82) is 0 Å².